The van der Waals surface area contributed by atoms with Gasteiger partial charge < -0.3 is 9.47 Å². The topological polar surface area (TPSA) is 111 Å². The van der Waals surface area contributed by atoms with Gasteiger partial charge in [0.1, 0.15) is 22.8 Å². The minimum Gasteiger partial charge on any atom is -0.462 e. The molecule has 0 unspecified atom stereocenters. The maximum absolute atomic E-state index is 14.4. The summed E-state index contributed by atoms with van der Waals surface area (Å²) in [4.78, 5) is 45.8. The number of ether oxygens (including phenoxy) is 2. The molecule has 0 saturated carbocycles. The Bertz CT molecular complexity index is 1060. The van der Waals surface area contributed by atoms with Crippen LogP contribution in [-0.4, -0.2) is 50.7 Å². The van der Waals surface area contributed by atoms with Crippen molar-refractivity contribution in [3.8, 4) is 11.4 Å². The number of halogens is 2. The summed E-state index contributed by atoms with van der Waals surface area (Å²) in [6, 6.07) is 3.22. The summed E-state index contributed by atoms with van der Waals surface area (Å²) in [5.74, 6) is -3.51. The number of hydrogen-bond acceptors (Lipinski definition) is 9. The first-order valence-corrected chi connectivity index (χ1v) is 11.0. The fraction of sp³-hybridized carbons (Fsp3) is 0.381. The van der Waals surface area contributed by atoms with E-state index in [0.29, 0.717) is 16.8 Å². The van der Waals surface area contributed by atoms with Crippen molar-refractivity contribution in [1.29, 1.82) is 0 Å². The Morgan fingerprint density at radius 1 is 1.15 bits per heavy atom. The number of nitrogens with zero attached hydrogens (tertiary/aromatic N) is 3. The molecule has 1 aromatic carbocycles. The average molecular weight is 483 g/mol. The number of amides is 2. The molecular formula is C21H24F2N4O5S. The number of aryl methyl sites for hydroxylation is 1. The monoisotopic (exact) mass is 482 g/mol. The molecular weight excluding hydrogens is 458 g/mol. The summed E-state index contributed by atoms with van der Waals surface area (Å²) in [7, 11) is 0. The predicted octanol–water partition coefficient (Wildman–Crippen LogP) is 4.95. The number of imide groups is 1. The van der Waals surface area contributed by atoms with Crippen molar-refractivity contribution >= 4 is 34.9 Å². The van der Waals surface area contributed by atoms with Crippen LogP contribution in [0.15, 0.2) is 18.2 Å². The van der Waals surface area contributed by atoms with Gasteiger partial charge >= 0.3 is 17.3 Å². The Labute approximate surface area is 193 Å². The van der Waals surface area contributed by atoms with Crippen molar-refractivity contribution < 1.29 is 32.6 Å². The van der Waals surface area contributed by atoms with Gasteiger partial charge in [0.25, 0.3) is 0 Å². The van der Waals surface area contributed by atoms with Crippen LogP contribution in [0.25, 0.3) is 11.4 Å². The zero-order valence-corrected chi connectivity index (χ0v) is 19.8. The number of rotatable bonds is 5. The van der Waals surface area contributed by atoms with Crippen LogP contribution in [0, 0.1) is 18.6 Å². The van der Waals surface area contributed by atoms with E-state index in [4.69, 9.17) is 9.47 Å². The molecule has 2 amide bonds. The third-order valence-corrected chi connectivity index (χ3v) is 4.44. The second-order valence-electron chi connectivity index (χ2n) is 7.57. The Hall–Kier alpha value is -3.28. The smallest absolute Gasteiger partial charge is 0.437 e. The Balaban J connectivity index is 2.68. The van der Waals surface area contributed by atoms with Crippen molar-refractivity contribution in [3.05, 3.63) is 41.1 Å². The number of nitrogens with one attached hydrogen (secondary N) is 1. The number of carbonyl (C=O) groups is 3. The second kappa shape index (κ2) is 10.6. The molecule has 0 aliphatic heterocycles. The zero-order valence-electron chi connectivity index (χ0n) is 19.0. The van der Waals surface area contributed by atoms with E-state index in [1.165, 1.54) is 19.2 Å². The molecule has 0 bridgehead atoms. The first kappa shape index (κ1) is 26.0. The van der Waals surface area contributed by atoms with E-state index in [1.54, 1.807) is 27.7 Å². The lowest BCUT2D eigenvalue weighted by Gasteiger charge is -2.26. The number of anilines is 1. The number of thioether (sulfide) groups is 1. The van der Waals surface area contributed by atoms with Crippen molar-refractivity contribution in [3.63, 3.8) is 0 Å². The molecule has 0 aliphatic rings. The molecule has 1 N–H and O–H groups in total. The second-order valence-corrected chi connectivity index (χ2v) is 8.33. The minimum absolute atomic E-state index is 0.00402. The summed E-state index contributed by atoms with van der Waals surface area (Å²) < 4.78 is 39.0. The van der Waals surface area contributed by atoms with Gasteiger partial charge in [-0.25, -0.2) is 28.3 Å². The molecule has 0 saturated heterocycles. The van der Waals surface area contributed by atoms with Crippen LogP contribution in [0.4, 0.5) is 24.2 Å². The summed E-state index contributed by atoms with van der Waals surface area (Å²) in [6.45, 7) is 7.80. The van der Waals surface area contributed by atoms with Crippen LogP contribution in [0.5, 0.6) is 0 Å². The van der Waals surface area contributed by atoms with Crippen molar-refractivity contribution in [2.45, 2.75) is 40.2 Å². The molecule has 12 heteroatoms. The molecule has 33 heavy (non-hydrogen) atoms. The summed E-state index contributed by atoms with van der Waals surface area (Å²) in [5.41, 5.74) is 0.739. The lowest BCUT2D eigenvalue weighted by molar-refractivity contribution is 0.0372. The van der Waals surface area contributed by atoms with Crippen LogP contribution in [0.2, 0.25) is 0 Å². The molecule has 0 fully saturated rings. The fourth-order valence-corrected chi connectivity index (χ4v) is 2.90. The Kier molecular flexibility index (Phi) is 8.31. The first-order valence-electron chi connectivity index (χ1n) is 9.77. The van der Waals surface area contributed by atoms with Gasteiger partial charge in [-0.1, -0.05) is 17.8 Å². The lowest BCUT2D eigenvalue weighted by atomic mass is 10.1. The van der Waals surface area contributed by atoms with E-state index in [2.05, 4.69) is 15.4 Å². The van der Waals surface area contributed by atoms with Crippen LogP contribution in [-0.2, 0) is 9.47 Å². The highest BCUT2D eigenvalue weighted by molar-refractivity contribution is 8.13. The third-order valence-electron chi connectivity index (χ3n) is 3.91. The van der Waals surface area contributed by atoms with Gasteiger partial charge in [0.2, 0.25) is 0 Å². The number of esters is 1. The standard InChI is InChI=1S/C21H24F2N4O5S/c1-7-31-18(28)14-11(2)24-16(15-12(22)9-8-10-13(15)23)25-17(14)26-27(20(30)33-6)19(29)32-21(3,4)5/h8-10H,7H2,1-6H3,(H,24,25,26). The summed E-state index contributed by atoms with van der Waals surface area (Å²) in [6.07, 6.45) is 0.352. The highest BCUT2D eigenvalue weighted by Crippen LogP contribution is 2.28. The molecule has 0 radical (unpaired) electrons. The lowest BCUT2D eigenvalue weighted by Crippen LogP contribution is -2.43. The third kappa shape index (κ3) is 6.37. The van der Waals surface area contributed by atoms with Crippen molar-refractivity contribution in [1.82, 2.24) is 15.0 Å². The zero-order chi connectivity index (χ0) is 24.9. The maximum Gasteiger partial charge on any atom is 0.437 e. The van der Waals surface area contributed by atoms with E-state index in [1.807, 2.05) is 0 Å². The van der Waals surface area contributed by atoms with Crippen LogP contribution < -0.4 is 5.43 Å². The van der Waals surface area contributed by atoms with E-state index in [-0.39, 0.29) is 23.7 Å². The number of aromatic nitrogens is 2. The molecule has 1 aromatic heterocycles. The van der Waals surface area contributed by atoms with Gasteiger partial charge in [-0.3, -0.25) is 10.2 Å². The van der Waals surface area contributed by atoms with Gasteiger partial charge in [-0.2, -0.15) is 0 Å². The highest BCUT2D eigenvalue weighted by Gasteiger charge is 2.31. The Morgan fingerprint density at radius 3 is 2.27 bits per heavy atom. The summed E-state index contributed by atoms with van der Waals surface area (Å²) in [5, 5.41) is -0.281. The Morgan fingerprint density at radius 2 is 1.76 bits per heavy atom. The average Bonchev–Trinajstić information content (AvgIpc) is 2.69. The van der Waals surface area contributed by atoms with Gasteiger partial charge in [-0.15, -0.1) is 5.01 Å². The largest absolute Gasteiger partial charge is 0.462 e. The molecule has 0 atom stereocenters. The number of hydrazine groups is 1. The molecule has 0 aliphatic carbocycles. The number of carbonyl (C=O) groups excluding carboxylic acids is 3. The van der Waals surface area contributed by atoms with Gasteiger partial charge in [0.05, 0.1) is 17.9 Å². The van der Waals surface area contributed by atoms with E-state index < -0.39 is 45.9 Å². The molecule has 2 aromatic rings. The van der Waals surface area contributed by atoms with E-state index in [9.17, 15) is 23.2 Å². The minimum atomic E-state index is -1.08. The maximum atomic E-state index is 14.4. The predicted molar refractivity (Wildman–Crippen MR) is 119 cm³/mol. The first-order chi connectivity index (χ1) is 15.4. The van der Waals surface area contributed by atoms with Gasteiger partial charge in [-0.05, 0) is 53.0 Å². The van der Waals surface area contributed by atoms with Crippen molar-refractivity contribution in [2.75, 3.05) is 18.3 Å². The normalized spacial score (nSPS) is 11.0. The van der Waals surface area contributed by atoms with Crippen LogP contribution in [0.3, 0.4) is 0 Å². The van der Waals surface area contributed by atoms with Gasteiger partial charge in [0, 0.05) is 0 Å². The van der Waals surface area contributed by atoms with Gasteiger partial charge in [0.15, 0.2) is 11.6 Å². The van der Waals surface area contributed by atoms with Crippen LogP contribution in [0.1, 0.15) is 43.7 Å². The van der Waals surface area contributed by atoms with Crippen LogP contribution >= 0.6 is 11.8 Å². The highest BCUT2D eigenvalue weighted by atomic mass is 32.2. The fourth-order valence-electron chi connectivity index (χ4n) is 2.60. The SMILES string of the molecule is CCOC(=O)c1c(C)nc(-c2c(F)cccc2F)nc1NN(C(=O)OC(C)(C)C)C(=O)SC. The number of hydrogen-bond donors (Lipinski definition) is 1. The molecule has 2 rings (SSSR count). The molecule has 178 valence electrons. The molecule has 0 spiro atoms. The van der Waals surface area contributed by atoms with E-state index in [0.717, 1.165) is 12.1 Å². The molecule has 9 nitrogen and oxygen atoms in total. The van der Waals surface area contributed by atoms with Crippen molar-refractivity contribution in [2.24, 2.45) is 0 Å². The van der Waals surface area contributed by atoms with E-state index >= 15 is 0 Å². The number of benzene rings is 1. The molecule has 1 heterocycles. The summed E-state index contributed by atoms with van der Waals surface area (Å²) >= 11 is 0.685. The quantitative estimate of drug-likeness (QED) is 0.467.